The highest BCUT2D eigenvalue weighted by Gasteiger charge is 2.43. The minimum absolute atomic E-state index is 0.400. The largest absolute Gasteiger partial charge is 0.327 e. The van der Waals surface area contributed by atoms with Gasteiger partial charge in [0.05, 0.1) is 0 Å². The van der Waals surface area contributed by atoms with Gasteiger partial charge in [-0.05, 0) is 37.0 Å². The van der Waals surface area contributed by atoms with Crippen LogP contribution < -0.4 is 11.5 Å². The van der Waals surface area contributed by atoms with Crippen molar-refractivity contribution in [1.29, 1.82) is 0 Å². The van der Waals surface area contributed by atoms with Crippen LogP contribution in [0.3, 0.4) is 0 Å². The molecule has 4 N–H and O–H groups in total. The Morgan fingerprint density at radius 1 is 1.08 bits per heavy atom. The molecule has 0 aliphatic heterocycles. The smallest absolute Gasteiger partial charge is 0.00872 e. The topological polar surface area (TPSA) is 52.0 Å². The summed E-state index contributed by atoms with van der Waals surface area (Å²) in [5.74, 6) is 2.28. The first-order valence-corrected chi connectivity index (χ1v) is 5.23. The summed E-state index contributed by atoms with van der Waals surface area (Å²) in [4.78, 5) is 0. The van der Waals surface area contributed by atoms with Crippen LogP contribution in [-0.2, 0) is 0 Å². The summed E-state index contributed by atoms with van der Waals surface area (Å²) in [5, 5.41) is 0. The van der Waals surface area contributed by atoms with Crippen LogP contribution in [0.15, 0.2) is 0 Å². The van der Waals surface area contributed by atoms with Crippen molar-refractivity contribution in [1.82, 2.24) is 0 Å². The Morgan fingerprint density at radius 3 is 2.00 bits per heavy atom. The fraction of sp³-hybridized carbons (Fsp3) is 1.00. The van der Waals surface area contributed by atoms with E-state index >= 15 is 0 Å². The van der Waals surface area contributed by atoms with Crippen molar-refractivity contribution < 1.29 is 0 Å². The maximum absolute atomic E-state index is 6.10. The van der Waals surface area contributed by atoms with Crippen molar-refractivity contribution >= 4 is 0 Å². The number of hydrogen-bond donors (Lipinski definition) is 2. The van der Waals surface area contributed by atoms with Crippen molar-refractivity contribution in [2.45, 2.75) is 44.7 Å². The van der Waals surface area contributed by atoms with Crippen LogP contribution in [0, 0.1) is 17.8 Å². The average Bonchev–Trinajstić information content (AvgIpc) is 2.02. The van der Waals surface area contributed by atoms with E-state index in [1.165, 1.54) is 25.7 Å². The van der Waals surface area contributed by atoms with Gasteiger partial charge in [-0.15, -0.1) is 0 Å². The summed E-state index contributed by atoms with van der Waals surface area (Å²) < 4.78 is 0. The summed E-state index contributed by atoms with van der Waals surface area (Å²) in [7, 11) is 0. The van der Waals surface area contributed by atoms with Gasteiger partial charge in [0.15, 0.2) is 0 Å². The van der Waals surface area contributed by atoms with Crippen LogP contribution in [-0.4, -0.2) is 12.1 Å². The summed E-state index contributed by atoms with van der Waals surface area (Å²) in [6.07, 6.45) is 5.12. The molecular weight excluding hydrogens is 148 g/mol. The van der Waals surface area contributed by atoms with Crippen molar-refractivity contribution in [3.05, 3.63) is 0 Å². The minimum atomic E-state index is 0.400. The van der Waals surface area contributed by atoms with Crippen LogP contribution in [0.2, 0.25) is 0 Å². The molecule has 0 aromatic heterocycles. The van der Waals surface area contributed by atoms with Gasteiger partial charge in [-0.3, -0.25) is 0 Å². The number of hydrogen-bond acceptors (Lipinski definition) is 2. The fourth-order valence-electron chi connectivity index (χ4n) is 3.41. The summed E-state index contributed by atoms with van der Waals surface area (Å²) in [5.41, 5.74) is 12.2. The normalized spacial score (nSPS) is 52.8. The van der Waals surface area contributed by atoms with Crippen molar-refractivity contribution in [2.24, 2.45) is 29.2 Å². The van der Waals surface area contributed by atoms with Crippen LogP contribution in [0.25, 0.3) is 0 Å². The molecule has 0 heterocycles. The molecule has 3 aliphatic carbocycles. The predicted octanol–water partition coefficient (Wildman–Crippen LogP) is 1.10. The molecule has 2 heteroatoms. The van der Waals surface area contributed by atoms with Gasteiger partial charge in [-0.25, -0.2) is 0 Å². The van der Waals surface area contributed by atoms with Crippen molar-refractivity contribution in [3.63, 3.8) is 0 Å². The summed E-state index contributed by atoms with van der Waals surface area (Å²) >= 11 is 0. The Morgan fingerprint density at radius 2 is 1.67 bits per heavy atom. The third-order valence-corrected chi connectivity index (χ3v) is 3.90. The lowest BCUT2D eigenvalue weighted by atomic mass is 9.59. The Kier molecular flexibility index (Phi) is 2.13. The molecule has 0 radical (unpaired) electrons. The lowest BCUT2D eigenvalue weighted by Crippen LogP contribution is -2.56. The molecule has 3 rings (SSSR count). The Balaban J connectivity index is 2.14. The van der Waals surface area contributed by atoms with Gasteiger partial charge in [0, 0.05) is 12.1 Å². The van der Waals surface area contributed by atoms with Gasteiger partial charge in [0.1, 0.15) is 0 Å². The molecule has 3 unspecified atom stereocenters. The van der Waals surface area contributed by atoms with Gasteiger partial charge >= 0.3 is 0 Å². The van der Waals surface area contributed by atoms with Gasteiger partial charge in [-0.2, -0.15) is 0 Å². The Bertz CT molecular complexity index is 157. The molecule has 0 saturated heterocycles. The molecule has 3 atom stereocenters. The molecule has 3 aliphatic rings. The second-order valence-electron chi connectivity index (χ2n) is 4.65. The first kappa shape index (κ1) is 8.52. The highest BCUT2D eigenvalue weighted by atomic mass is 14.8. The van der Waals surface area contributed by atoms with Crippen LogP contribution >= 0.6 is 0 Å². The maximum atomic E-state index is 6.10. The van der Waals surface area contributed by atoms with E-state index in [2.05, 4.69) is 6.92 Å². The van der Waals surface area contributed by atoms with Gasteiger partial charge in [0.25, 0.3) is 0 Å². The summed E-state index contributed by atoms with van der Waals surface area (Å²) in [6, 6.07) is 0.801. The zero-order valence-corrected chi connectivity index (χ0v) is 7.87. The highest BCUT2D eigenvalue weighted by Crippen LogP contribution is 2.44. The third kappa shape index (κ3) is 1.17. The van der Waals surface area contributed by atoms with E-state index in [-0.39, 0.29) is 0 Å². The molecule has 3 saturated carbocycles. The maximum Gasteiger partial charge on any atom is 0.00872 e. The van der Waals surface area contributed by atoms with E-state index in [1.54, 1.807) is 0 Å². The van der Waals surface area contributed by atoms with Crippen LogP contribution in [0.1, 0.15) is 32.6 Å². The van der Waals surface area contributed by atoms with E-state index < -0.39 is 0 Å². The number of nitrogens with two attached hydrogens (primary N) is 2. The van der Waals surface area contributed by atoms with Gasteiger partial charge < -0.3 is 11.5 Å². The minimum Gasteiger partial charge on any atom is -0.327 e. The zero-order chi connectivity index (χ0) is 8.72. The van der Waals surface area contributed by atoms with Crippen molar-refractivity contribution in [3.8, 4) is 0 Å². The first-order chi connectivity index (χ1) is 5.72. The van der Waals surface area contributed by atoms with E-state index in [4.69, 9.17) is 11.5 Å². The molecular formula is C10H20N2. The fourth-order valence-corrected chi connectivity index (χ4v) is 3.41. The zero-order valence-electron chi connectivity index (χ0n) is 7.87. The molecule has 0 spiro atoms. The lowest BCUT2D eigenvalue weighted by molar-refractivity contribution is 0.0534. The van der Waals surface area contributed by atoms with E-state index in [1.807, 2.05) is 0 Å². The third-order valence-electron chi connectivity index (χ3n) is 3.90. The van der Waals surface area contributed by atoms with E-state index in [0.29, 0.717) is 18.0 Å². The van der Waals surface area contributed by atoms with Gasteiger partial charge in [0.2, 0.25) is 0 Å². The molecule has 0 aromatic carbocycles. The second-order valence-corrected chi connectivity index (χ2v) is 4.65. The Labute approximate surface area is 74.7 Å². The molecule has 0 amide bonds. The van der Waals surface area contributed by atoms with Crippen LogP contribution in [0.5, 0.6) is 0 Å². The second kappa shape index (κ2) is 3.00. The van der Waals surface area contributed by atoms with Crippen LogP contribution in [0.4, 0.5) is 0 Å². The standard InChI is InChI=1S/C10H20N2/c1-2-7-3-6-4-8(11)10(7)9(12)5-6/h6-10H,2-5,11-12H2,1H3. The summed E-state index contributed by atoms with van der Waals surface area (Å²) in [6.45, 7) is 2.27. The first-order valence-electron chi connectivity index (χ1n) is 5.23. The number of fused-ring (bicyclic) bond motifs is 3. The van der Waals surface area contributed by atoms with Gasteiger partial charge in [-0.1, -0.05) is 13.3 Å². The van der Waals surface area contributed by atoms with E-state index in [9.17, 15) is 0 Å². The molecule has 2 bridgehead atoms. The average molecular weight is 168 g/mol. The SMILES string of the molecule is CCC1CC2CC(N)C1C(N)C2. The quantitative estimate of drug-likeness (QED) is 0.616. The molecule has 12 heavy (non-hydrogen) atoms. The molecule has 3 fully saturated rings. The number of rotatable bonds is 1. The highest BCUT2D eigenvalue weighted by molar-refractivity contribution is 4.99. The predicted molar refractivity (Wildman–Crippen MR) is 50.6 cm³/mol. The van der Waals surface area contributed by atoms with E-state index in [0.717, 1.165) is 11.8 Å². The molecule has 0 aromatic rings. The van der Waals surface area contributed by atoms with Crippen molar-refractivity contribution in [2.75, 3.05) is 0 Å². The Hall–Kier alpha value is -0.0800. The molecule has 70 valence electrons. The molecule has 2 nitrogen and oxygen atoms in total. The monoisotopic (exact) mass is 168 g/mol. The lowest BCUT2D eigenvalue weighted by Gasteiger charge is -2.49.